The summed E-state index contributed by atoms with van der Waals surface area (Å²) in [6.45, 7) is 0. The maximum atomic E-state index is 8.00. The zero-order valence-electron chi connectivity index (χ0n) is 14.4. The fourth-order valence-corrected chi connectivity index (χ4v) is 0.974. The van der Waals surface area contributed by atoms with Gasteiger partial charge < -0.3 is 0 Å². The van der Waals surface area contributed by atoms with Gasteiger partial charge in [-0.3, -0.25) is 0 Å². The van der Waals surface area contributed by atoms with E-state index in [-0.39, 0.29) is 23.7 Å². The molecule has 0 spiro atoms. The van der Waals surface area contributed by atoms with Gasteiger partial charge in [-0.2, -0.15) is 0 Å². The lowest BCUT2D eigenvalue weighted by Gasteiger charge is -1.92. The second-order valence-electron chi connectivity index (χ2n) is 2.62. The molecule has 0 aliphatic carbocycles. The van der Waals surface area contributed by atoms with Crippen LogP contribution >= 0.6 is 0 Å². The van der Waals surface area contributed by atoms with Crippen LogP contribution in [0.1, 0.15) is 20.7 Å². The van der Waals surface area contributed by atoms with Crippen LogP contribution in [-0.2, 0) is 0 Å². The van der Waals surface area contributed by atoms with Crippen LogP contribution in [0.3, 0.4) is 0 Å². The molecule has 2 aromatic carbocycles. The largest absolute Gasteiger partial charge is 0.0629 e. The van der Waals surface area contributed by atoms with E-state index in [1.165, 1.54) is 6.08 Å². The second-order valence-corrected chi connectivity index (χ2v) is 2.62. The van der Waals surface area contributed by atoms with Crippen LogP contribution < -0.4 is 0 Å². The van der Waals surface area contributed by atoms with Crippen molar-refractivity contribution in [3.8, 4) is 0 Å². The molecule has 14 heavy (non-hydrogen) atoms. The lowest BCUT2D eigenvalue weighted by molar-refractivity contribution is 1.65. The van der Waals surface area contributed by atoms with Crippen molar-refractivity contribution < 1.29 is 9.60 Å². The third-order valence-corrected chi connectivity index (χ3v) is 1.63. The molecule has 0 saturated carbocycles. The van der Waals surface area contributed by atoms with Crippen molar-refractivity contribution in [3.05, 3.63) is 71.6 Å². The molecule has 2 rings (SSSR count). The lowest BCUT2D eigenvalue weighted by Crippen LogP contribution is -1.70. The zero-order chi connectivity index (χ0) is 15.7. The summed E-state index contributed by atoms with van der Waals surface area (Å²) in [5, 5.41) is 0. The van der Waals surface area contributed by atoms with Crippen molar-refractivity contribution >= 4 is 12.1 Å². The SMILES string of the molecule is [2H]/C(=C/c1ccc([2H])cc1)c1c([2H])c([2H])c([2H])c([2H])c1[2H]. The lowest BCUT2D eigenvalue weighted by atomic mass is 10.1. The van der Waals surface area contributed by atoms with Gasteiger partial charge >= 0.3 is 0 Å². The minimum absolute atomic E-state index is 0.129. The Balaban J connectivity index is 2.58. The van der Waals surface area contributed by atoms with E-state index in [4.69, 9.17) is 9.60 Å². The molecule has 0 unspecified atom stereocenters. The highest BCUT2D eigenvalue weighted by Gasteiger charge is 1.84. The molecule has 0 atom stereocenters. The molecule has 0 N–H and O–H groups in total. The van der Waals surface area contributed by atoms with Gasteiger partial charge in [0, 0.05) is 0 Å². The predicted molar refractivity (Wildman–Crippen MR) is 61.8 cm³/mol. The van der Waals surface area contributed by atoms with Gasteiger partial charge in [0.1, 0.15) is 0 Å². The van der Waals surface area contributed by atoms with Gasteiger partial charge in [0.05, 0.1) is 9.60 Å². The molecule has 0 amide bonds. The van der Waals surface area contributed by atoms with Crippen molar-refractivity contribution in [2.75, 3.05) is 0 Å². The van der Waals surface area contributed by atoms with Gasteiger partial charge in [0.25, 0.3) is 0 Å². The molecule has 0 fully saturated rings. The quantitative estimate of drug-likeness (QED) is 0.626. The summed E-state index contributed by atoms with van der Waals surface area (Å²) in [7, 11) is 0. The third kappa shape index (κ3) is 2.33. The Morgan fingerprint density at radius 3 is 2.36 bits per heavy atom. The van der Waals surface area contributed by atoms with Crippen LogP contribution in [0.25, 0.3) is 12.1 Å². The van der Waals surface area contributed by atoms with Gasteiger partial charge in [0.2, 0.25) is 0 Å². The summed E-state index contributed by atoms with van der Waals surface area (Å²) >= 11 is 0. The molecule has 0 aromatic heterocycles. The molecule has 0 nitrogen and oxygen atoms in total. The molecule has 0 heteroatoms. The molecule has 0 radical (unpaired) electrons. The normalized spacial score (nSPS) is 18.3. The maximum Gasteiger partial charge on any atom is 0.0629 e. The van der Waals surface area contributed by atoms with E-state index in [0.717, 1.165) is 0 Å². The Morgan fingerprint density at radius 2 is 1.64 bits per heavy atom. The van der Waals surface area contributed by atoms with Crippen LogP contribution in [0.4, 0.5) is 0 Å². The Labute approximate surface area is 94.4 Å². The first-order chi connectivity index (χ1) is 9.82. The predicted octanol–water partition coefficient (Wildman–Crippen LogP) is 3.86. The number of benzene rings is 2. The highest BCUT2D eigenvalue weighted by Crippen LogP contribution is 2.06. The van der Waals surface area contributed by atoms with Gasteiger partial charge in [-0.1, -0.05) is 72.6 Å². The Bertz CT molecular complexity index is 688. The molecule has 2 aromatic rings. The van der Waals surface area contributed by atoms with Crippen LogP contribution in [0.2, 0.25) is 0 Å². The minimum atomic E-state index is -0.472. The van der Waals surface area contributed by atoms with Gasteiger partial charge in [-0.05, 0) is 11.1 Å². The first-order valence-electron chi connectivity index (χ1n) is 7.65. The summed E-state index contributed by atoms with van der Waals surface area (Å²) in [5.74, 6) is 0. The average molecular weight is 187 g/mol. The fraction of sp³-hybridized carbons (Fsp3) is 0. The van der Waals surface area contributed by atoms with Gasteiger partial charge in [-0.15, -0.1) is 0 Å². The molecule has 0 heterocycles. The molecule has 0 bridgehead atoms. The smallest absolute Gasteiger partial charge is 0.0622 e. The monoisotopic (exact) mass is 187 g/mol. The standard InChI is InChI=1S/C14H12/c1-3-7-13(8-4-1)11-12-14-9-5-2-6-10-14/h1-12H/b12-11-/i1D,2D,3D,4D,7D,8D,11D. The Morgan fingerprint density at radius 1 is 0.929 bits per heavy atom. The molecular weight excluding hydrogens is 168 g/mol. The molecule has 0 aliphatic heterocycles. The summed E-state index contributed by atoms with van der Waals surface area (Å²) in [5.41, 5.74) is 0.499. The minimum Gasteiger partial charge on any atom is -0.0622 e. The second kappa shape index (κ2) is 4.43. The number of hydrogen-bond donors (Lipinski definition) is 0. The van der Waals surface area contributed by atoms with Crippen molar-refractivity contribution in [2.45, 2.75) is 0 Å². The van der Waals surface area contributed by atoms with Crippen molar-refractivity contribution in [1.82, 2.24) is 0 Å². The molecule has 68 valence electrons. The highest BCUT2D eigenvalue weighted by molar-refractivity contribution is 5.69. The van der Waals surface area contributed by atoms with Crippen molar-refractivity contribution in [1.29, 1.82) is 0 Å². The first-order valence-corrected chi connectivity index (χ1v) is 4.15. The van der Waals surface area contributed by atoms with E-state index in [9.17, 15) is 0 Å². The molecule has 0 aliphatic rings. The van der Waals surface area contributed by atoms with Crippen LogP contribution in [0, 0.1) is 0 Å². The third-order valence-electron chi connectivity index (χ3n) is 1.63. The summed E-state index contributed by atoms with van der Waals surface area (Å²) in [4.78, 5) is 0. The van der Waals surface area contributed by atoms with Gasteiger partial charge in [0.15, 0.2) is 0 Å². The molecule has 0 saturated heterocycles. The Kier molecular flexibility index (Phi) is 1.18. The zero-order valence-corrected chi connectivity index (χ0v) is 7.39. The summed E-state index contributed by atoms with van der Waals surface area (Å²) in [6.07, 6.45) is 1.41. The summed E-state index contributed by atoms with van der Waals surface area (Å²) in [6, 6.07) is 4.39. The number of rotatable bonds is 2. The summed E-state index contributed by atoms with van der Waals surface area (Å²) < 4.78 is 53.7. The van der Waals surface area contributed by atoms with Crippen LogP contribution in [0.15, 0.2) is 60.5 Å². The highest BCUT2D eigenvalue weighted by atomic mass is 13.9. The molecular formula is C14H12. The fourth-order valence-electron chi connectivity index (χ4n) is 0.974. The van der Waals surface area contributed by atoms with E-state index < -0.39 is 18.1 Å². The first kappa shape index (κ1) is 3.74. The topological polar surface area (TPSA) is 0 Å². The van der Waals surface area contributed by atoms with Crippen molar-refractivity contribution in [3.63, 3.8) is 0 Å². The van der Waals surface area contributed by atoms with E-state index in [1.807, 2.05) is 0 Å². The maximum absolute atomic E-state index is 8.00. The average Bonchev–Trinajstić information content (AvgIpc) is 2.46. The van der Waals surface area contributed by atoms with Gasteiger partial charge in [-0.25, -0.2) is 0 Å². The van der Waals surface area contributed by atoms with E-state index in [1.54, 1.807) is 24.3 Å². The van der Waals surface area contributed by atoms with E-state index >= 15 is 0 Å². The Hall–Kier alpha value is -1.82. The number of hydrogen-bond acceptors (Lipinski definition) is 0. The van der Waals surface area contributed by atoms with Crippen LogP contribution in [-0.4, -0.2) is 0 Å². The van der Waals surface area contributed by atoms with Crippen molar-refractivity contribution in [2.24, 2.45) is 0 Å². The van der Waals surface area contributed by atoms with Crippen LogP contribution in [0.5, 0.6) is 0 Å². The van der Waals surface area contributed by atoms with E-state index in [0.29, 0.717) is 11.6 Å². The van der Waals surface area contributed by atoms with E-state index in [2.05, 4.69) is 0 Å².